The predicted octanol–water partition coefficient (Wildman–Crippen LogP) is 3.70. The Labute approximate surface area is 154 Å². The summed E-state index contributed by atoms with van der Waals surface area (Å²) in [6.45, 7) is 6.49. The van der Waals surface area contributed by atoms with E-state index in [1.165, 1.54) is 10.9 Å². The Kier molecular flexibility index (Phi) is 4.25. The summed E-state index contributed by atoms with van der Waals surface area (Å²) in [6.07, 6.45) is 2.89. The van der Waals surface area contributed by atoms with Crippen LogP contribution in [-0.4, -0.2) is 26.4 Å². The maximum Gasteiger partial charge on any atom is 0.255 e. The van der Waals surface area contributed by atoms with Gasteiger partial charge in [0.15, 0.2) is 0 Å². The number of nitrogens with zero attached hydrogens (tertiary/aromatic N) is 2. The quantitative estimate of drug-likeness (QED) is 0.704. The second kappa shape index (κ2) is 6.42. The van der Waals surface area contributed by atoms with Crippen molar-refractivity contribution in [2.75, 3.05) is 6.54 Å². The third-order valence-electron chi connectivity index (χ3n) is 4.84. The van der Waals surface area contributed by atoms with E-state index in [9.17, 15) is 4.79 Å². The van der Waals surface area contributed by atoms with Crippen LogP contribution in [0.1, 0.15) is 42.4 Å². The van der Waals surface area contributed by atoms with Gasteiger partial charge in [0.05, 0.1) is 11.3 Å². The monoisotopic (exact) mass is 400 g/mol. The lowest BCUT2D eigenvalue weighted by Crippen LogP contribution is -2.35. The van der Waals surface area contributed by atoms with Crippen molar-refractivity contribution < 1.29 is 0 Å². The van der Waals surface area contributed by atoms with Gasteiger partial charge in [-0.05, 0) is 23.8 Å². The van der Waals surface area contributed by atoms with E-state index in [1.807, 2.05) is 6.07 Å². The summed E-state index contributed by atoms with van der Waals surface area (Å²) in [7, 11) is 0. The number of fused-ring (bicyclic) bond motifs is 2. The van der Waals surface area contributed by atoms with Crippen molar-refractivity contribution in [1.29, 1.82) is 0 Å². The van der Waals surface area contributed by atoms with Crippen molar-refractivity contribution in [3.63, 3.8) is 0 Å². The molecular weight excluding hydrogens is 380 g/mol. The summed E-state index contributed by atoms with van der Waals surface area (Å²) in [6, 6.07) is 6.26. The van der Waals surface area contributed by atoms with Gasteiger partial charge in [0.25, 0.3) is 5.56 Å². The number of hydrogen-bond donors (Lipinski definition) is 2. The number of rotatable bonds is 3. The van der Waals surface area contributed by atoms with Crippen LogP contribution < -0.4 is 5.56 Å². The number of halogens is 1. The Morgan fingerprint density at radius 3 is 3.00 bits per heavy atom. The van der Waals surface area contributed by atoms with Crippen LogP contribution in [0, 0.1) is 0 Å². The second-order valence-corrected chi connectivity index (χ2v) is 7.91. The number of aromatic amines is 2. The van der Waals surface area contributed by atoms with Crippen LogP contribution in [0.4, 0.5) is 0 Å². The molecule has 3 aromatic rings. The third kappa shape index (κ3) is 3.16. The molecule has 5 nitrogen and oxygen atoms in total. The van der Waals surface area contributed by atoms with Crippen molar-refractivity contribution in [3.8, 4) is 0 Å². The zero-order valence-electron chi connectivity index (χ0n) is 14.4. The maximum atomic E-state index is 12.5. The van der Waals surface area contributed by atoms with Crippen LogP contribution in [0.15, 0.2) is 33.7 Å². The summed E-state index contributed by atoms with van der Waals surface area (Å²) in [5.41, 5.74) is 4.18. The summed E-state index contributed by atoms with van der Waals surface area (Å²) in [5.74, 6) is 1.03. The van der Waals surface area contributed by atoms with Crippen LogP contribution in [0.25, 0.3) is 10.9 Å². The SMILES string of the molecule is CC(C)c1nc2c(c(=O)[nH]1)CN(Cc1c[nH]c3ccc(Br)cc13)CC2. The highest BCUT2D eigenvalue weighted by molar-refractivity contribution is 9.10. The first-order valence-electron chi connectivity index (χ1n) is 8.61. The average Bonchev–Trinajstić information content (AvgIpc) is 2.97. The lowest BCUT2D eigenvalue weighted by atomic mass is 10.0. The van der Waals surface area contributed by atoms with E-state index >= 15 is 0 Å². The molecule has 0 radical (unpaired) electrons. The van der Waals surface area contributed by atoms with Gasteiger partial charge in [-0.2, -0.15) is 0 Å². The fraction of sp³-hybridized carbons (Fsp3) is 0.368. The molecule has 1 aromatic carbocycles. The molecule has 0 saturated carbocycles. The Morgan fingerprint density at radius 2 is 2.20 bits per heavy atom. The zero-order valence-corrected chi connectivity index (χ0v) is 16.0. The van der Waals surface area contributed by atoms with E-state index in [2.05, 4.69) is 68.0 Å². The normalized spacial score (nSPS) is 15.0. The molecule has 0 amide bonds. The lowest BCUT2D eigenvalue weighted by Gasteiger charge is -2.27. The van der Waals surface area contributed by atoms with Crippen LogP contribution >= 0.6 is 15.9 Å². The molecule has 2 aromatic heterocycles. The van der Waals surface area contributed by atoms with Crippen LogP contribution in [0.5, 0.6) is 0 Å². The van der Waals surface area contributed by atoms with Gasteiger partial charge >= 0.3 is 0 Å². The minimum Gasteiger partial charge on any atom is -0.361 e. The third-order valence-corrected chi connectivity index (χ3v) is 5.33. The van der Waals surface area contributed by atoms with Crippen molar-refractivity contribution >= 4 is 26.8 Å². The van der Waals surface area contributed by atoms with Gasteiger partial charge in [-0.3, -0.25) is 9.69 Å². The van der Waals surface area contributed by atoms with Crippen LogP contribution in [0.2, 0.25) is 0 Å². The molecule has 3 heterocycles. The number of aromatic nitrogens is 3. The van der Waals surface area contributed by atoms with Gasteiger partial charge in [-0.15, -0.1) is 0 Å². The van der Waals surface area contributed by atoms with Crippen molar-refractivity contribution in [2.45, 2.75) is 39.3 Å². The first-order valence-corrected chi connectivity index (χ1v) is 9.40. The van der Waals surface area contributed by atoms with E-state index in [0.717, 1.165) is 46.6 Å². The Bertz CT molecular complexity index is 989. The van der Waals surface area contributed by atoms with Gasteiger partial charge in [0, 0.05) is 53.5 Å². The number of hydrogen-bond acceptors (Lipinski definition) is 3. The fourth-order valence-corrected chi connectivity index (χ4v) is 3.79. The molecule has 4 rings (SSSR count). The van der Waals surface area contributed by atoms with E-state index < -0.39 is 0 Å². The Morgan fingerprint density at radius 1 is 1.36 bits per heavy atom. The van der Waals surface area contributed by atoms with Gasteiger partial charge in [0.2, 0.25) is 0 Å². The molecule has 25 heavy (non-hydrogen) atoms. The van der Waals surface area contributed by atoms with Crippen molar-refractivity contribution in [1.82, 2.24) is 19.9 Å². The first kappa shape index (κ1) is 16.5. The Hall–Kier alpha value is -1.92. The lowest BCUT2D eigenvalue weighted by molar-refractivity contribution is 0.242. The Balaban J connectivity index is 1.60. The molecule has 1 aliphatic heterocycles. The highest BCUT2D eigenvalue weighted by Crippen LogP contribution is 2.25. The van der Waals surface area contributed by atoms with E-state index in [1.54, 1.807) is 0 Å². The highest BCUT2D eigenvalue weighted by atomic mass is 79.9. The standard InChI is InChI=1S/C19H21BrN4O/c1-11(2)18-22-17-5-6-24(10-15(17)19(25)23-18)9-12-8-21-16-4-3-13(20)7-14(12)16/h3-4,7-8,11,21H,5-6,9-10H2,1-2H3,(H,22,23,25). The van der Waals surface area contributed by atoms with Crippen molar-refractivity contribution in [2.24, 2.45) is 0 Å². The topological polar surface area (TPSA) is 64.8 Å². The molecule has 0 atom stereocenters. The molecule has 0 spiro atoms. The number of benzene rings is 1. The summed E-state index contributed by atoms with van der Waals surface area (Å²) >= 11 is 3.54. The summed E-state index contributed by atoms with van der Waals surface area (Å²) in [5, 5.41) is 1.22. The van der Waals surface area contributed by atoms with E-state index in [4.69, 9.17) is 0 Å². The highest BCUT2D eigenvalue weighted by Gasteiger charge is 2.22. The smallest absolute Gasteiger partial charge is 0.255 e. The largest absolute Gasteiger partial charge is 0.361 e. The summed E-state index contributed by atoms with van der Waals surface area (Å²) < 4.78 is 1.08. The van der Waals surface area contributed by atoms with E-state index in [0.29, 0.717) is 6.54 Å². The summed E-state index contributed by atoms with van der Waals surface area (Å²) in [4.78, 5) is 25.7. The molecule has 0 saturated heterocycles. The van der Waals surface area contributed by atoms with Crippen LogP contribution in [-0.2, 0) is 19.5 Å². The van der Waals surface area contributed by atoms with Gasteiger partial charge in [-0.1, -0.05) is 29.8 Å². The van der Waals surface area contributed by atoms with Gasteiger partial charge < -0.3 is 9.97 Å². The molecule has 2 N–H and O–H groups in total. The predicted molar refractivity (Wildman–Crippen MR) is 103 cm³/mol. The number of H-pyrrole nitrogens is 2. The molecule has 6 heteroatoms. The second-order valence-electron chi connectivity index (χ2n) is 7.00. The molecule has 0 aliphatic carbocycles. The maximum absolute atomic E-state index is 12.5. The van der Waals surface area contributed by atoms with Gasteiger partial charge in [-0.25, -0.2) is 4.98 Å². The van der Waals surface area contributed by atoms with Gasteiger partial charge in [0.1, 0.15) is 5.82 Å². The van der Waals surface area contributed by atoms with Crippen molar-refractivity contribution in [3.05, 3.63) is 61.9 Å². The molecule has 0 unspecified atom stereocenters. The first-order chi connectivity index (χ1) is 12.0. The minimum atomic E-state index is 0.0140. The minimum absolute atomic E-state index is 0.0140. The molecule has 1 aliphatic rings. The molecule has 130 valence electrons. The molecular formula is C19H21BrN4O. The van der Waals surface area contributed by atoms with E-state index in [-0.39, 0.29) is 11.5 Å². The average molecular weight is 401 g/mol. The zero-order chi connectivity index (χ0) is 17.6. The molecule has 0 bridgehead atoms. The fourth-order valence-electron chi connectivity index (χ4n) is 3.43. The van der Waals surface area contributed by atoms with Crippen LogP contribution in [0.3, 0.4) is 0 Å². The number of nitrogens with one attached hydrogen (secondary N) is 2. The molecule has 0 fully saturated rings.